The van der Waals surface area contributed by atoms with Crippen molar-refractivity contribution in [2.24, 2.45) is 0 Å². The highest BCUT2D eigenvalue weighted by Crippen LogP contribution is 2.31. The van der Waals surface area contributed by atoms with Crippen LogP contribution in [0.1, 0.15) is 44.0 Å². The van der Waals surface area contributed by atoms with Crippen LogP contribution in [0.3, 0.4) is 0 Å². The minimum Gasteiger partial charge on any atom is -0.494 e. The van der Waals surface area contributed by atoms with Crippen LogP contribution >= 0.6 is 11.3 Å². The predicted molar refractivity (Wildman–Crippen MR) is 124 cm³/mol. The number of ether oxygens (including phenoxy) is 2. The monoisotopic (exact) mass is 456 g/mol. The molecule has 1 fully saturated rings. The van der Waals surface area contributed by atoms with Gasteiger partial charge >= 0.3 is 6.09 Å². The van der Waals surface area contributed by atoms with Gasteiger partial charge in [0.15, 0.2) is 0 Å². The SMILES string of the molecule is COc1ccc(C(=O)NC2CCN(C(=O)OC(C)(C)C)CC2)c2nc(-c3cccs3)[nH]c12. The molecule has 0 radical (unpaired) electrons. The van der Waals surface area contributed by atoms with E-state index in [9.17, 15) is 9.59 Å². The van der Waals surface area contributed by atoms with Crippen LogP contribution in [0.4, 0.5) is 4.79 Å². The molecule has 2 N–H and O–H groups in total. The number of nitrogens with one attached hydrogen (secondary N) is 2. The van der Waals surface area contributed by atoms with E-state index in [1.54, 1.807) is 35.5 Å². The first-order valence-corrected chi connectivity index (χ1v) is 11.5. The number of fused-ring (bicyclic) bond motifs is 1. The third-order valence-electron chi connectivity index (χ3n) is 5.31. The van der Waals surface area contributed by atoms with Gasteiger partial charge in [-0.05, 0) is 57.2 Å². The Bertz CT molecular complexity index is 1110. The molecule has 2 amide bonds. The lowest BCUT2D eigenvalue weighted by atomic mass is 10.0. The summed E-state index contributed by atoms with van der Waals surface area (Å²) in [6.45, 7) is 6.65. The van der Waals surface area contributed by atoms with Crippen LogP contribution in [0, 0.1) is 0 Å². The van der Waals surface area contributed by atoms with Gasteiger partial charge in [-0.2, -0.15) is 0 Å². The fourth-order valence-corrected chi connectivity index (χ4v) is 4.42. The van der Waals surface area contributed by atoms with Gasteiger partial charge in [-0.3, -0.25) is 4.79 Å². The number of likely N-dealkylation sites (tertiary alicyclic amines) is 1. The molecule has 1 aliphatic rings. The second kappa shape index (κ2) is 8.82. The lowest BCUT2D eigenvalue weighted by molar-refractivity contribution is 0.0199. The fraction of sp³-hybridized carbons (Fsp3) is 0.435. The van der Waals surface area contributed by atoms with Gasteiger partial charge in [0.25, 0.3) is 5.91 Å². The van der Waals surface area contributed by atoms with Crippen LogP contribution in [-0.2, 0) is 4.74 Å². The largest absolute Gasteiger partial charge is 0.494 e. The standard InChI is InChI=1S/C23H28N4O4S/c1-23(2,3)31-22(29)27-11-9-14(10-12-27)24-21(28)15-7-8-16(30-4)19-18(15)25-20(26-19)17-6-5-13-32-17/h5-8,13-14H,9-12H2,1-4H3,(H,24,28)(H,25,26). The first-order chi connectivity index (χ1) is 15.2. The molecule has 1 saturated heterocycles. The zero-order valence-electron chi connectivity index (χ0n) is 18.7. The highest BCUT2D eigenvalue weighted by molar-refractivity contribution is 7.13. The van der Waals surface area contributed by atoms with Gasteiger partial charge < -0.3 is 24.7 Å². The zero-order chi connectivity index (χ0) is 22.9. The van der Waals surface area contributed by atoms with Gasteiger partial charge in [-0.1, -0.05) is 6.07 Å². The molecule has 0 bridgehead atoms. The van der Waals surface area contributed by atoms with Crippen LogP contribution in [-0.4, -0.2) is 58.7 Å². The molecular formula is C23H28N4O4S. The van der Waals surface area contributed by atoms with Crippen molar-refractivity contribution in [2.75, 3.05) is 20.2 Å². The summed E-state index contributed by atoms with van der Waals surface area (Å²) in [4.78, 5) is 36.0. The zero-order valence-corrected chi connectivity index (χ0v) is 19.5. The van der Waals surface area contributed by atoms with Crippen molar-refractivity contribution in [2.45, 2.75) is 45.3 Å². The minimum atomic E-state index is -0.520. The molecule has 0 unspecified atom stereocenters. The average molecular weight is 457 g/mol. The molecule has 9 heteroatoms. The molecule has 4 rings (SSSR count). The van der Waals surface area contributed by atoms with E-state index < -0.39 is 5.60 Å². The average Bonchev–Trinajstić information content (AvgIpc) is 3.42. The number of carbonyl (C=O) groups is 2. The number of imidazole rings is 1. The molecule has 0 aliphatic carbocycles. The van der Waals surface area contributed by atoms with Gasteiger partial charge in [0.1, 0.15) is 28.2 Å². The molecule has 0 spiro atoms. The lowest BCUT2D eigenvalue weighted by Crippen LogP contribution is -2.47. The molecular weight excluding hydrogens is 428 g/mol. The smallest absolute Gasteiger partial charge is 0.410 e. The van der Waals surface area contributed by atoms with Gasteiger partial charge in [-0.15, -0.1) is 11.3 Å². The van der Waals surface area contributed by atoms with Crippen molar-refractivity contribution in [3.63, 3.8) is 0 Å². The number of nitrogens with zero attached hydrogens (tertiary/aromatic N) is 2. The van der Waals surface area contributed by atoms with E-state index in [1.807, 2.05) is 38.3 Å². The summed E-state index contributed by atoms with van der Waals surface area (Å²) in [7, 11) is 1.60. The molecule has 32 heavy (non-hydrogen) atoms. The number of aromatic amines is 1. The molecule has 3 aromatic rings. The summed E-state index contributed by atoms with van der Waals surface area (Å²) in [5.41, 5.74) is 1.25. The number of hydrogen-bond acceptors (Lipinski definition) is 6. The summed E-state index contributed by atoms with van der Waals surface area (Å²) in [6, 6.07) is 7.44. The Kier molecular flexibility index (Phi) is 6.10. The van der Waals surface area contributed by atoms with E-state index in [1.165, 1.54) is 0 Å². The summed E-state index contributed by atoms with van der Waals surface area (Å²) in [6.07, 6.45) is 1.04. The molecule has 0 saturated carbocycles. The third kappa shape index (κ3) is 4.72. The summed E-state index contributed by atoms with van der Waals surface area (Å²) in [5.74, 6) is 1.16. The third-order valence-corrected chi connectivity index (χ3v) is 6.18. The van der Waals surface area contributed by atoms with Gasteiger partial charge in [-0.25, -0.2) is 9.78 Å². The Morgan fingerprint density at radius 3 is 2.59 bits per heavy atom. The Morgan fingerprint density at radius 1 is 1.22 bits per heavy atom. The van der Waals surface area contributed by atoms with Gasteiger partial charge in [0.2, 0.25) is 0 Å². The Hall–Kier alpha value is -3.07. The maximum absolute atomic E-state index is 13.1. The Balaban J connectivity index is 1.47. The van der Waals surface area contributed by atoms with Crippen LogP contribution in [0.15, 0.2) is 29.6 Å². The topological polar surface area (TPSA) is 96.6 Å². The number of piperidine rings is 1. The van der Waals surface area contributed by atoms with E-state index in [0.717, 1.165) is 4.88 Å². The Morgan fingerprint density at radius 2 is 1.97 bits per heavy atom. The van der Waals surface area contributed by atoms with Crippen LogP contribution in [0.5, 0.6) is 5.75 Å². The maximum Gasteiger partial charge on any atom is 0.410 e. The molecule has 170 valence electrons. The number of hydrogen-bond donors (Lipinski definition) is 2. The van der Waals surface area contributed by atoms with Crippen LogP contribution < -0.4 is 10.1 Å². The number of benzene rings is 1. The van der Waals surface area contributed by atoms with E-state index in [0.29, 0.717) is 54.1 Å². The normalized spacial score (nSPS) is 15.1. The predicted octanol–water partition coefficient (Wildman–Crippen LogP) is 4.43. The van der Waals surface area contributed by atoms with Gasteiger partial charge in [0, 0.05) is 19.1 Å². The van der Waals surface area contributed by atoms with E-state index in [-0.39, 0.29) is 18.0 Å². The molecule has 1 aliphatic heterocycles. The molecule has 3 heterocycles. The number of aromatic nitrogens is 2. The minimum absolute atomic E-state index is 0.0194. The number of carbonyl (C=O) groups excluding carboxylic acids is 2. The van der Waals surface area contributed by atoms with Crippen molar-refractivity contribution in [3.8, 4) is 16.5 Å². The first-order valence-electron chi connectivity index (χ1n) is 10.6. The molecule has 1 aromatic carbocycles. The highest BCUT2D eigenvalue weighted by Gasteiger charge is 2.28. The number of amides is 2. The second-order valence-electron chi connectivity index (χ2n) is 8.82. The van der Waals surface area contributed by atoms with Crippen molar-refractivity contribution < 1.29 is 19.1 Å². The summed E-state index contributed by atoms with van der Waals surface area (Å²) in [5, 5.41) is 5.09. The maximum atomic E-state index is 13.1. The number of rotatable bonds is 4. The number of thiophene rings is 1. The lowest BCUT2D eigenvalue weighted by Gasteiger charge is -2.33. The molecule has 8 nitrogen and oxygen atoms in total. The molecule has 0 atom stereocenters. The first kappa shape index (κ1) is 22.1. The van der Waals surface area contributed by atoms with E-state index in [4.69, 9.17) is 14.5 Å². The van der Waals surface area contributed by atoms with Crippen LogP contribution in [0.2, 0.25) is 0 Å². The van der Waals surface area contributed by atoms with E-state index in [2.05, 4.69) is 10.3 Å². The number of H-pyrrole nitrogens is 1. The molecule has 2 aromatic heterocycles. The van der Waals surface area contributed by atoms with Crippen LogP contribution in [0.25, 0.3) is 21.7 Å². The fourth-order valence-electron chi connectivity index (χ4n) is 3.75. The Labute approximate surface area is 190 Å². The highest BCUT2D eigenvalue weighted by atomic mass is 32.1. The van der Waals surface area contributed by atoms with Crippen molar-refractivity contribution in [1.29, 1.82) is 0 Å². The van der Waals surface area contributed by atoms with E-state index >= 15 is 0 Å². The van der Waals surface area contributed by atoms with Crippen molar-refractivity contribution >= 4 is 34.4 Å². The summed E-state index contributed by atoms with van der Waals surface area (Å²) >= 11 is 1.58. The van der Waals surface area contributed by atoms with Crippen molar-refractivity contribution in [1.82, 2.24) is 20.2 Å². The quantitative estimate of drug-likeness (QED) is 0.605. The van der Waals surface area contributed by atoms with Gasteiger partial charge in [0.05, 0.1) is 17.6 Å². The van der Waals surface area contributed by atoms with Crippen molar-refractivity contribution in [3.05, 3.63) is 35.2 Å². The summed E-state index contributed by atoms with van der Waals surface area (Å²) < 4.78 is 10.9. The number of methoxy groups -OCH3 is 1. The second-order valence-corrected chi connectivity index (χ2v) is 9.76.